The molecule has 0 bridgehead atoms. The van der Waals surface area contributed by atoms with Crippen LogP contribution in [-0.4, -0.2) is 64.4 Å². The van der Waals surface area contributed by atoms with Gasteiger partial charge in [0.15, 0.2) is 0 Å². The molecule has 1 aromatic carbocycles. The van der Waals surface area contributed by atoms with Gasteiger partial charge in [0.05, 0.1) is 16.6 Å². The number of aliphatic imine (C=N–C) groups is 2. The van der Waals surface area contributed by atoms with Crippen LogP contribution in [0.25, 0.3) is 16.6 Å². The van der Waals surface area contributed by atoms with Crippen LogP contribution in [0.1, 0.15) is 64.3 Å². The van der Waals surface area contributed by atoms with E-state index in [4.69, 9.17) is 5.11 Å². The third kappa shape index (κ3) is 13.6. The molecule has 0 unspecified atom stereocenters. The highest BCUT2D eigenvalue weighted by atomic mass is 19.4. The highest BCUT2D eigenvalue weighted by Gasteiger charge is 2.30. The van der Waals surface area contributed by atoms with Crippen LogP contribution in [0, 0.1) is 0 Å². The number of aliphatic carboxylic acids is 1. The highest BCUT2D eigenvalue weighted by molar-refractivity contribution is 5.92. The van der Waals surface area contributed by atoms with E-state index in [0.29, 0.717) is 12.1 Å². The number of carboxylic acid groups (broad SMARTS) is 1. The minimum atomic E-state index is -4.43. The number of carbonyl (C=O) groups is 1. The number of hydrogen-bond acceptors (Lipinski definition) is 3. The normalized spacial score (nSPS) is 12.5. The predicted molar refractivity (Wildman–Crippen MR) is 164 cm³/mol. The summed E-state index contributed by atoms with van der Waals surface area (Å²) in [6, 6.07) is 3.16. The number of H-pyrrole nitrogens is 1. The van der Waals surface area contributed by atoms with Gasteiger partial charge in [-0.3, -0.25) is 9.79 Å². The number of halogens is 4. The molecule has 0 aliphatic heterocycles. The standard InChI is InChI=1S/C16H29N3O2.C15H12F4N2/c1-5-11-19(12-9-7-8-10-15(20)21)16(17-6-2)18-13-14(3)4;1-2-3-4-5-10(9-16)14-20-12-7-6-11(15(17,18)19)8-13(12)21-14/h13H,3,5-12H2,1-2,4H3,(H,20,21);2-8H,1,9H2,(H,20,21)/b17-16?,18-13-;4-3-,10-5+. The maximum atomic E-state index is 13.0. The summed E-state index contributed by atoms with van der Waals surface area (Å²) in [5, 5.41) is 8.63. The molecule has 0 radical (unpaired) electrons. The molecule has 2 rings (SSSR count). The number of nitrogens with one attached hydrogen (secondary N) is 1. The minimum absolute atomic E-state index is 0.209. The monoisotopic (exact) mass is 591 g/mol. The van der Waals surface area contributed by atoms with Crippen molar-refractivity contribution in [3.05, 3.63) is 72.6 Å². The van der Waals surface area contributed by atoms with E-state index in [1.807, 2.05) is 13.8 Å². The van der Waals surface area contributed by atoms with Crippen molar-refractivity contribution in [1.82, 2.24) is 14.9 Å². The van der Waals surface area contributed by atoms with Gasteiger partial charge >= 0.3 is 12.1 Å². The van der Waals surface area contributed by atoms with Crippen LogP contribution in [0.3, 0.4) is 0 Å². The molecule has 0 amide bonds. The van der Waals surface area contributed by atoms with Crippen molar-refractivity contribution in [1.29, 1.82) is 0 Å². The van der Waals surface area contributed by atoms with Crippen molar-refractivity contribution in [3.63, 3.8) is 0 Å². The number of rotatable bonds is 14. The quantitative estimate of drug-likeness (QED) is 0.0764. The number of allylic oxidation sites excluding steroid dienone is 6. The van der Waals surface area contributed by atoms with Gasteiger partial charge in [-0.1, -0.05) is 50.8 Å². The van der Waals surface area contributed by atoms with E-state index in [1.165, 1.54) is 18.2 Å². The largest absolute Gasteiger partial charge is 0.481 e. The molecular weight excluding hydrogens is 550 g/mol. The van der Waals surface area contributed by atoms with E-state index in [9.17, 15) is 22.4 Å². The van der Waals surface area contributed by atoms with Crippen molar-refractivity contribution in [2.45, 2.75) is 59.1 Å². The third-order valence-electron chi connectivity index (χ3n) is 5.60. The van der Waals surface area contributed by atoms with E-state index in [1.54, 1.807) is 18.4 Å². The fraction of sp³-hybridized carbons (Fsp3) is 0.419. The molecular formula is C31H41F4N5O2. The Balaban J connectivity index is 0.000000420. The summed E-state index contributed by atoms with van der Waals surface area (Å²) >= 11 is 0. The number of fused-ring (bicyclic) bond motifs is 1. The number of guanidine groups is 1. The molecule has 11 heteroatoms. The maximum absolute atomic E-state index is 13.0. The Kier molecular flexibility index (Phi) is 16.4. The first-order chi connectivity index (χ1) is 20.0. The maximum Gasteiger partial charge on any atom is 0.416 e. The van der Waals surface area contributed by atoms with Gasteiger partial charge in [0.25, 0.3) is 0 Å². The number of nitrogens with zero attached hydrogens (tertiary/aromatic N) is 4. The van der Waals surface area contributed by atoms with Gasteiger partial charge in [-0.05, 0) is 56.9 Å². The SMILES string of the molecule is C=C(C)/C=N\C(=NCC)N(CCC)CCCCCC(=O)O.C=C/C=C\C=C(/CF)c1nc2ccc(C(F)(F)F)cc2[nH]1. The summed E-state index contributed by atoms with van der Waals surface area (Å²) < 4.78 is 50.9. The van der Waals surface area contributed by atoms with Crippen LogP contribution < -0.4 is 0 Å². The first kappa shape index (κ1) is 36.0. The Morgan fingerprint density at radius 2 is 1.90 bits per heavy atom. The van der Waals surface area contributed by atoms with Crippen LogP contribution in [0.2, 0.25) is 0 Å². The zero-order valence-corrected chi connectivity index (χ0v) is 24.6. The fourth-order valence-electron chi connectivity index (χ4n) is 3.64. The summed E-state index contributed by atoms with van der Waals surface area (Å²) in [5.74, 6) is 0.237. The van der Waals surface area contributed by atoms with E-state index in [2.05, 4.69) is 44.9 Å². The summed E-state index contributed by atoms with van der Waals surface area (Å²) in [6.45, 7) is 15.0. The lowest BCUT2D eigenvalue weighted by Gasteiger charge is -2.23. The van der Waals surface area contributed by atoms with E-state index >= 15 is 0 Å². The van der Waals surface area contributed by atoms with Crippen molar-refractivity contribution in [3.8, 4) is 0 Å². The second kappa shape index (κ2) is 19.2. The van der Waals surface area contributed by atoms with E-state index < -0.39 is 24.4 Å². The topological polar surface area (TPSA) is 93.9 Å². The Labute approximate surface area is 245 Å². The van der Waals surface area contributed by atoms with Crippen LogP contribution >= 0.6 is 0 Å². The van der Waals surface area contributed by atoms with Gasteiger partial charge in [0, 0.05) is 37.8 Å². The van der Waals surface area contributed by atoms with Crippen molar-refractivity contribution >= 4 is 34.7 Å². The summed E-state index contributed by atoms with van der Waals surface area (Å²) in [5.41, 5.74) is 0.939. The Bertz CT molecular complexity index is 1280. The first-order valence-electron chi connectivity index (χ1n) is 13.8. The Morgan fingerprint density at radius 3 is 2.48 bits per heavy atom. The zero-order chi connectivity index (χ0) is 31.5. The number of aromatic nitrogens is 2. The molecule has 0 aliphatic carbocycles. The average molecular weight is 592 g/mol. The van der Waals surface area contributed by atoms with Crippen LogP contribution in [0.5, 0.6) is 0 Å². The number of carboxylic acids is 1. The third-order valence-corrected chi connectivity index (χ3v) is 5.60. The first-order valence-corrected chi connectivity index (χ1v) is 13.8. The Morgan fingerprint density at radius 1 is 1.17 bits per heavy atom. The molecule has 2 N–H and O–H groups in total. The molecule has 0 atom stereocenters. The number of benzene rings is 1. The summed E-state index contributed by atoms with van der Waals surface area (Å²) in [6.07, 6.45) is 7.39. The van der Waals surface area contributed by atoms with E-state index in [0.717, 1.165) is 62.4 Å². The molecule has 0 saturated heterocycles. The molecule has 42 heavy (non-hydrogen) atoms. The zero-order valence-electron chi connectivity index (χ0n) is 24.6. The molecule has 7 nitrogen and oxygen atoms in total. The van der Waals surface area contributed by atoms with Crippen LogP contribution in [0.15, 0.2) is 71.2 Å². The molecule has 1 heterocycles. The van der Waals surface area contributed by atoms with Gasteiger partial charge < -0.3 is 15.0 Å². The van der Waals surface area contributed by atoms with Gasteiger partial charge in [-0.15, -0.1) is 0 Å². The average Bonchev–Trinajstić information content (AvgIpc) is 3.36. The smallest absolute Gasteiger partial charge is 0.416 e. The molecule has 0 saturated carbocycles. The van der Waals surface area contributed by atoms with Gasteiger partial charge in [-0.25, -0.2) is 14.4 Å². The number of hydrogen-bond donors (Lipinski definition) is 2. The molecule has 1 aromatic heterocycles. The van der Waals surface area contributed by atoms with E-state index in [-0.39, 0.29) is 23.3 Å². The van der Waals surface area contributed by atoms with Gasteiger partial charge in [-0.2, -0.15) is 13.2 Å². The van der Waals surface area contributed by atoms with Gasteiger partial charge in [0.1, 0.15) is 12.5 Å². The molecule has 0 fully saturated rings. The highest BCUT2D eigenvalue weighted by Crippen LogP contribution is 2.31. The van der Waals surface area contributed by atoms with Crippen LogP contribution in [-0.2, 0) is 11.0 Å². The Hall–Kier alpha value is -4.02. The molecule has 0 spiro atoms. The summed E-state index contributed by atoms with van der Waals surface area (Å²) in [4.78, 5) is 28.3. The minimum Gasteiger partial charge on any atom is -0.481 e. The summed E-state index contributed by atoms with van der Waals surface area (Å²) in [7, 11) is 0. The number of imidazole rings is 1. The fourth-order valence-corrected chi connectivity index (χ4v) is 3.64. The van der Waals surface area contributed by atoms with Crippen molar-refractivity contribution < 1.29 is 27.5 Å². The molecule has 0 aliphatic rings. The lowest BCUT2D eigenvalue weighted by atomic mass is 10.2. The van der Waals surface area contributed by atoms with Gasteiger partial charge in [0.2, 0.25) is 5.96 Å². The van der Waals surface area contributed by atoms with Crippen molar-refractivity contribution in [2.75, 3.05) is 26.3 Å². The number of aromatic amines is 1. The predicted octanol–water partition coefficient (Wildman–Crippen LogP) is 8.04. The lowest BCUT2D eigenvalue weighted by Crippen LogP contribution is -2.32. The molecule has 230 valence electrons. The van der Waals surface area contributed by atoms with Crippen molar-refractivity contribution in [2.24, 2.45) is 9.98 Å². The van der Waals surface area contributed by atoms with Crippen LogP contribution in [0.4, 0.5) is 17.6 Å². The number of unbranched alkanes of at least 4 members (excludes halogenated alkanes) is 2. The number of alkyl halides is 4. The molecule has 2 aromatic rings. The second-order valence-electron chi connectivity index (χ2n) is 9.33. The second-order valence-corrected chi connectivity index (χ2v) is 9.33. The lowest BCUT2D eigenvalue weighted by molar-refractivity contribution is -0.138.